The number of nitriles is 1. The van der Waals surface area contributed by atoms with E-state index in [9.17, 15) is 19.2 Å². The molecule has 1 aromatic carbocycles. The van der Waals surface area contributed by atoms with Crippen LogP contribution in [0.3, 0.4) is 0 Å². The predicted molar refractivity (Wildman–Crippen MR) is 148 cm³/mol. The van der Waals surface area contributed by atoms with Gasteiger partial charge in [0.2, 0.25) is 11.8 Å². The highest BCUT2D eigenvalue weighted by Gasteiger charge is 2.32. The van der Waals surface area contributed by atoms with Crippen LogP contribution in [-0.2, 0) is 16.0 Å². The molecule has 0 radical (unpaired) electrons. The van der Waals surface area contributed by atoms with Crippen LogP contribution in [0.4, 0.5) is 9.18 Å². The first-order chi connectivity index (χ1) is 19.2. The van der Waals surface area contributed by atoms with Crippen molar-refractivity contribution in [1.82, 2.24) is 14.8 Å². The zero-order valence-electron chi connectivity index (χ0n) is 23.4. The highest BCUT2D eigenvalue weighted by atomic mass is 19.1. The van der Waals surface area contributed by atoms with Crippen molar-refractivity contribution in [2.75, 3.05) is 19.6 Å². The maximum absolute atomic E-state index is 15.0. The molecule has 9 nitrogen and oxygen atoms in total. The Bertz CT molecular complexity index is 1220. The SMILES string of the molecule is CC(C)OC(=O)N1CCC(C(C)Oc2ccc(-c3ccc(CC(N)C(=O)N4CCC[C@H]4C#N)c(F)c3)cn2)CC1. The number of carbonyl (C=O) groups excluding carboxylic acids is 2. The van der Waals surface area contributed by atoms with Gasteiger partial charge in [-0.3, -0.25) is 4.79 Å². The predicted octanol–water partition coefficient (Wildman–Crippen LogP) is 4.30. The van der Waals surface area contributed by atoms with Crippen LogP contribution in [0.2, 0.25) is 0 Å². The fourth-order valence-corrected chi connectivity index (χ4v) is 5.33. The zero-order chi connectivity index (χ0) is 28.8. The summed E-state index contributed by atoms with van der Waals surface area (Å²) in [4.78, 5) is 32.5. The summed E-state index contributed by atoms with van der Waals surface area (Å²) in [7, 11) is 0. The third-order valence-corrected chi connectivity index (χ3v) is 7.67. The second-order valence-electron chi connectivity index (χ2n) is 10.9. The molecule has 10 heteroatoms. The van der Waals surface area contributed by atoms with Gasteiger partial charge in [-0.2, -0.15) is 5.26 Å². The Morgan fingerprint density at radius 1 is 1.12 bits per heavy atom. The number of pyridine rings is 1. The Labute approximate surface area is 235 Å². The molecule has 0 bridgehead atoms. The van der Waals surface area contributed by atoms with Crippen LogP contribution in [0.25, 0.3) is 11.1 Å². The summed E-state index contributed by atoms with van der Waals surface area (Å²) in [5.41, 5.74) is 7.83. The van der Waals surface area contributed by atoms with Gasteiger partial charge in [-0.15, -0.1) is 0 Å². The van der Waals surface area contributed by atoms with Gasteiger partial charge < -0.3 is 25.0 Å². The van der Waals surface area contributed by atoms with Crippen LogP contribution in [0.5, 0.6) is 5.88 Å². The van der Waals surface area contributed by atoms with Gasteiger partial charge in [-0.05, 0) is 82.1 Å². The highest BCUT2D eigenvalue weighted by molar-refractivity contribution is 5.83. The molecule has 214 valence electrons. The summed E-state index contributed by atoms with van der Waals surface area (Å²) in [6, 6.07) is 9.20. The van der Waals surface area contributed by atoms with Gasteiger partial charge in [-0.25, -0.2) is 14.2 Å². The maximum atomic E-state index is 15.0. The molecule has 2 N–H and O–H groups in total. The van der Waals surface area contributed by atoms with Crippen molar-refractivity contribution in [3.63, 3.8) is 0 Å². The van der Waals surface area contributed by atoms with E-state index in [-0.39, 0.29) is 30.6 Å². The topological polar surface area (TPSA) is 122 Å². The van der Waals surface area contributed by atoms with E-state index in [1.165, 1.54) is 11.0 Å². The molecule has 1 aromatic heterocycles. The van der Waals surface area contributed by atoms with Crippen molar-refractivity contribution in [1.29, 1.82) is 5.26 Å². The quantitative estimate of drug-likeness (QED) is 0.519. The van der Waals surface area contributed by atoms with E-state index < -0.39 is 17.9 Å². The lowest BCUT2D eigenvalue weighted by Crippen LogP contribution is -2.46. The third-order valence-electron chi connectivity index (χ3n) is 7.67. The van der Waals surface area contributed by atoms with E-state index in [1.54, 1.807) is 29.3 Å². The first kappa shape index (κ1) is 29.3. The average Bonchev–Trinajstić information content (AvgIpc) is 3.43. The molecule has 4 rings (SSSR count). The maximum Gasteiger partial charge on any atom is 0.410 e. The van der Waals surface area contributed by atoms with Crippen molar-refractivity contribution in [2.24, 2.45) is 11.7 Å². The van der Waals surface area contributed by atoms with E-state index in [0.717, 1.165) is 24.8 Å². The lowest BCUT2D eigenvalue weighted by atomic mass is 9.92. The van der Waals surface area contributed by atoms with Crippen LogP contribution in [0, 0.1) is 23.1 Å². The minimum absolute atomic E-state index is 0.0559. The number of carbonyl (C=O) groups is 2. The first-order valence-corrected chi connectivity index (χ1v) is 14.0. The Morgan fingerprint density at radius 3 is 2.48 bits per heavy atom. The number of nitrogens with two attached hydrogens (primary N) is 1. The van der Waals surface area contributed by atoms with Gasteiger partial charge in [0, 0.05) is 37.5 Å². The number of aromatic nitrogens is 1. The van der Waals surface area contributed by atoms with Gasteiger partial charge in [0.25, 0.3) is 0 Å². The molecule has 0 aliphatic carbocycles. The van der Waals surface area contributed by atoms with Gasteiger partial charge in [0.15, 0.2) is 0 Å². The van der Waals surface area contributed by atoms with Crippen molar-refractivity contribution >= 4 is 12.0 Å². The smallest absolute Gasteiger partial charge is 0.410 e. The molecule has 2 aromatic rings. The summed E-state index contributed by atoms with van der Waals surface area (Å²) in [5.74, 6) is 0.00934. The van der Waals surface area contributed by atoms with E-state index in [1.807, 2.05) is 26.8 Å². The van der Waals surface area contributed by atoms with E-state index >= 15 is 0 Å². The number of halogens is 1. The first-order valence-electron chi connectivity index (χ1n) is 14.0. The van der Waals surface area contributed by atoms with Gasteiger partial charge in [-0.1, -0.05) is 12.1 Å². The second kappa shape index (κ2) is 13.1. The fourth-order valence-electron chi connectivity index (χ4n) is 5.33. The molecule has 40 heavy (non-hydrogen) atoms. The number of benzene rings is 1. The van der Waals surface area contributed by atoms with Gasteiger partial charge in [0.05, 0.1) is 18.2 Å². The third kappa shape index (κ3) is 7.07. The molecule has 2 aliphatic rings. The molecule has 0 spiro atoms. The minimum Gasteiger partial charge on any atom is -0.474 e. The normalized spacial score (nSPS) is 19.3. The molecule has 3 heterocycles. The summed E-state index contributed by atoms with van der Waals surface area (Å²) in [6.45, 7) is 7.47. The minimum atomic E-state index is -0.907. The summed E-state index contributed by atoms with van der Waals surface area (Å²) in [6.07, 6.45) is 4.28. The van der Waals surface area contributed by atoms with Crippen molar-refractivity contribution in [2.45, 2.75) is 77.2 Å². The molecule has 2 amide bonds. The van der Waals surface area contributed by atoms with Crippen LogP contribution in [0.15, 0.2) is 36.5 Å². The lowest BCUT2D eigenvalue weighted by Gasteiger charge is -2.34. The number of hydrogen-bond donors (Lipinski definition) is 1. The molecule has 2 aliphatic heterocycles. The summed E-state index contributed by atoms with van der Waals surface area (Å²) >= 11 is 0. The number of piperidine rings is 1. The molecule has 0 saturated carbocycles. The monoisotopic (exact) mass is 551 g/mol. The number of likely N-dealkylation sites (tertiary alicyclic amines) is 2. The van der Waals surface area contributed by atoms with Crippen molar-refractivity contribution < 1.29 is 23.5 Å². The molecule has 2 fully saturated rings. The van der Waals surface area contributed by atoms with Crippen LogP contribution < -0.4 is 10.5 Å². The van der Waals surface area contributed by atoms with E-state index in [0.29, 0.717) is 49.0 Å². The zero-order valence-corrected chi connectivity index (χ0v) is 23.4. The van der Waals surface area contributed by atoms with Gasteiger partial charge in [0.1, 0.15) is 18.0 Å². The van der Waals surface area contributed by atoms with E-state index in [2.05, 4.69) is 11.1 Å². The van der Waals surface area contributed by atoms with Crippen molar-refractivity contribution in [3.05, 3.63) is 47.9 Å². The number of ether oxygens (including phenoxy) is 2. The average molecular weight is 552 g/mol. The fraction of sp³-hybridized carbons (Fsp3) is 0.533. The van der Waals surface area contributed by atoms with Crippen LogP contribution in [0.1, 0.15) is 52.0 Å². The summed E-state index contributed by atoms with van der Waals surface area (Å²) in [5, 5.41) is 9.23. The Balaban J connectivity index is 1.30. The number of rotatable bonds is 8. The number of amides is 2. The molecule has 2 unspecified atom stereocenters. The van der Waals surface area contributed by atoms with Gasteiger partial charge >= 0.3 is 6.09 Å². The van der Waals surface area contributed by atoms with E-state index in [4.69, 9.17) is 15.2 Å². The second-order valence-corrected chi connectivity index (χ2v) is 10.9. The largest absolute Gasteiger partial charge is 0.474 e. The number of nitrogens with zero attached hydrogens (tertiary/aromatic N) is 4. The number of hydrogen-bond acceptors (Lipinski definition) is 7. The summed E-state index contributed by atoms with van der Waals surface area (Å²) < 4.78 is 26.3. The highest BCUT2D eigenvalue weighted by Crippen LogP contribution is 2.27. The molecular weight excluding hydrogens is 513 g/mol. The van der Waals surface area contributed by atoms with Crippen LogP contribution in [-0.4, -0.2) is 70.7 Å². The Kier molecular flexibility index (Phi) is 9.58. The Hall–Kier alpha value is -3.71. The van der Waals surface area contributed by atoms with Crippen molar-refractivity contribution in [3.8, 4) is 23.1 Å². The lowest BCUT2D eigenvalue weighted by molar-refractivity contribution is -0.132. The Morgan fingerprint density at radius 2 is 1.85 bits per heavy atom. The molecule has 3 atom stereocenters. The molecule has 2 saturated heterocycles. The standard InChI is InChI=1S/C30H38FN5O4/c1-19(2)39-30(38)35-13-10-21(11-14-35)20(3)40-28-9-8-24(18-34-28)22-6-7-23(26(31)15-22)16-27(33)29(37)36-12-4-5-25(36)17-32/h6-9,15,18-21,25,27H,4-5,10-14,16,33H2,1-3H3/t20?,25-,27?/m0/s1. The van der Waals surface area contributed by atoms with Crippen LogP contribution >= 0.6 is 0 Å². The molecular formula is C30H38FN5O4.